The number of benzene rings is 3. The van der Waals surface area contributed by atoms with Gasteiger partial charge < -0.3 is 8.97 Å². The van der Waals surface area contributed by atoms with Gasteiger partial charge in [-0.05, 0) is 61.1 Å². The van der Waals surface area contributed by atoms with E-state index in [-0.39, 0.29) is 0 Å². The van der Waals surface area contributed by atoms with Gasteiger partial charge in [0.1, 0.15) is 13.1 Å². The van der Waals surface area contributed by atoms with Crippen molar-refractivity contribution in [2.24, 2.45) is 0 Å². The largest absolute Gasteiger partial charge is 0.324 e. The predicted octanol–water partition coefficient (Wildman–Crippen LogP) is 6.56. The van der Waals surface area contributed by atoms with Gasteiger partial charge >= 0.3 is 0 Å². The fourth-order valence-electron chi connectivity index (χ4n) is 5.06. The Labute approximate surface area is 209 Å². The van der Waals surface area contributed by atoms with Crippen LogP contribution in [0.1, 0.15) is 44.5 Å². The molecule has 0 N–H and O–H groups in total. The van der Waals surface area contributed by atoms with Gasteiger partial charge in [0.2, 0.25) is 0 Å². The molecule has 0 heterocycles. The lowest BCUT2D eigenvalue weighted by molar-refractivity contribution is -0.907. The van der Waals surface area contributed by atoms with Gasteiger partial charge in [-0.3, -0.25) is 0 Å². The third kappa shape index (κ3) is 6.81. The maximum Gasteiger partial charge on any atom is 0.105 e. The van der Waals surface area contributed by atoms with Crippen LogP contribution in [-0.2, 0) is 25.9 Å². The number of rotatable bonds is 10. The predicted molar refractivity (Wildman–Crippen MR) is 147 cm³/mol. The smallest absolute Gasteiger partial charge is 0.105 e. The monoisotopic (exact) mass is 458 g/mol. The first-order valence-corrected chi connectivity index (χ1v) is 12.8. The molecule has 0 atom stereocenters. The maximum atomic E-state index is 2.39. The Balaban J connectivity index is 1.85. The Morgan fingerprint density at radius 2 is 0.794 bits per heavy atom. The second-order valence-corrected chi connectivity index (χ2v) is 11.6. The summed E-state index contributed by atoms with van der Waals surface area (Å²) in [5.41, 5.74) is 11.9. The van der Waals surface area contributed by atoms with E-state index in [0.717, 1.165) is 48.0 Å². The zero-order valence-corrected chi connectivity index (χ0v) is 22.9. The highest BCUT2D eigenvalue weighted by atomic mass is 15.3. The summed E-state index contributed by atoms with van der Waals surface area (Å²) < 4.78 is 2.00. The Kier molecular flexibility index (Phi) is 8.38. The molecule has 0 fully saturated rings. The van der Waals surface area contributed by atoms with Crippen molar-refractivity contribution in [1.29, 1.82) is 0 Å². The lowest BCUT2D eigenvalue weighted by Gasteiger charge is -2.35. The highest BCUT2D eigenvalue weighted by Crippen LogP contribution is 2.31. The van der Waals surface area contributed by atoms with E-state index in [0.29, 0.717) is 0 Å². The van der Waals surface area contributed by atoms with Crippen LogP contribution in [-0.4, -0.2) is 50.2 Å². The van der Waals surface area contributed by atoms with E-state index in [1.165, 1.54) is 33.4 Å². The van der Waals surface area contributed by atoms with Crippen LogP contribution in [0.3, 0.4) is 0 Å². The molecule has 2 heteroatoms. The highest BCUT2D eigenvalue weighted by molar-refractivity contribution is 5.49. The molecule has 0 aliphatic rings. The number of hydrogen-bond donors (Lipinski definition) is 0. The van der Waals surface area contributed by atoms with E-state index in [9.17, 15) is 0 Å². The molecule has 3 aromatic carbocycles. The fraction of sp³-hybridized carbons (Fsp3) is 0.438. The molecule has 0 aliphatic carbocycles. The second kappa shape index (κ2) is 10.9. The molecule has 0 spiro atoms. The zero-order chi connectivity index (χ0) is 24.9. The van der Waals surface area contributed by atoms with E-state index < -0.39 is 0 Å². The topological polar surface area (TPSA) is 0 Å². The second-order valence-electron chi connectivity index (χ2n) is 11.6. The minimum absolute atomic E-state index is 1.00. The molecule has 0 radical (unpaired) electrons. The van der Waals surface area contributed by atoms with Gasteiger partial charge in [-0.1, -0.05) is 60.7 Å². The number of hydrogen-bond acceptors (Lipinski definition) is 0. The van der Waals surface area contributed by atoms with Gasteiger partial charge in [-0.15, -0.1) is 0 Å². The van der Waals surface area contributed by atoms with Crippen LogP contribution in [0.5, 0.6) is 0 Å². The summed E-state index contributed by atoms with van der Waals surface area (Å²) in [5.74, 6) is 0. The first kappa shape index (κ1) is 26.2. The zero-order valence-electron chi connectivity index (χ0n) is 22.9. The molecular formula is C32H46N2+2. The molecule has 182 valence electrons. The van der Waals surface area contributed by atoms with Crippen LogP contribution < -0.4 is 0 Å². The summed E-state index contributed by atoms with van der Waals surface area (Å²) >= 11 is 0. The first-order valence-electron chi connectivity index (χ1n) is 12.8. The Morgan fingerprint density at radius 3 is 1.12 bits per heavy atom. The van der Waals surface area contributed by atoms with E-state index in [1.807, 2.05) is 0 Å². The average Bonchev–Trinajstić information content (AvgIpc) is 2.82. The van der Waals surface area contributed by atoms with E-state index >= 15 is 0 Å². The molecule has 0 unspecified atom stereocenters. The summed E-state index contributed by atoms with van der Waals surface area (Å²) in [6.45, 7) is 13.8. The van der Waals surface area contributed by atoms with Gasteiger partial charge in [0.25, 0.3) is 0 Å². The van der Waals surface area contributed by atoms with Gasteiger partial charge in [-0.25, -0.2) is 0 Å². The van der Waals surface area contributed by atoms with Crippen LogP contribution in [0.15, 0.2) is 60.7 Å². The lowest BCUT2D eigenvalue weighted by atomic mass is 9.87. The minimum Gasteiger partial charge on any atom is -0.324 e. The quantitative estimate of drug-likeness (QED) is 0.302. The summed E-state index contributed by atoms with van der Waals surface area (Å²) in [6.07, 6.45) is 2.23. The third-order valence-electron chi connectivity index (χ3n) is 7.83. The molecule has 3 aromatic rings. The van der Waals surface area contributed by atoms with Crippen LogP contribution >= 0.6 is 0 Å². The Hall–Kier alpha value is -2.42. The minimum atomic E-state index is 1.00. The standard InChI is InChI=1S/C32H46N2/c1-25-26(2)28(4)32(24-34(7,8)22-20-30-17-13-10-14-18-30)31(27(25)3)23-33(5,6)21-19-29-15-11-9-12-16-29/h9-18H,19-24H2,1-8H3/q+2. The van der Waals surface area contributed by atoms with Crippen LogP contribution in [0.2, 0.25) is 0 Å². The van der Waals surface area contributed by atoms with Crippen molar-refractivity contribution < 1.29 is 8.97 Å². The molecule has 2 nitrogen and oxygen atoms in total. The van der Waals surface area contributed by atoms with Crippen molar-refractivity contribution in [3.63, 3.8) is 0 Å². The normalized spacial score (nSPS) is 12.2. The average molecular weight is 459 g/mol. The summed E-state index contributed by atoms with van der Waals surface area (Å²) in [6, 6.07) is 21.8. The van der Waals surface area contributed by atoms with Crippen molar-refractivity contribution in [1.82, 2.24) is 0 Å². The number of likely N-dealkylation sites (N-methyl/N-ethyl adjacent to an activating group) is 2. The first-order chi connectivity index (χ1) is 16.0. The van der Waals surface area contributed by atoms with E-state index in [4.69, 9.17) is 0 Å². The van der Waals surface area contributed by atoms with E-state index in [1.54, 1.807) is 11.1 Å². The summed E-state index contributed by atoms with van der Waals surface area (Å²) in [5, 5.41) is 0. The Morgan fingerprint density at radius 1 is 0.471 bits per heavy atom. The maximum absolute atomic E-state index is 2.39. The molecular weight excluding hydrogens is 412 g/mol. The molecule has 0 bridgehead atoms. The van der Waals surface area contributed by atoms with Crippen molar-refractivity contribution in [2.75, 3.05) is 41.3 Å². The molecule has 3 rings (SSSR count). The molecule has 0 aromatic heterocycles. The SMILES string of the molecule is Cc1c(C)c(C)c(C[N+](C)(C)CCc2ccccc2)c(C[N+](C)(C)CCc2ccccc2)c1C. The van der Waals surface area contributed by atoms with Gasteiger partial charge in [-0.2, -0.15) is 0 Å². The Bertz CT molecular complexity index is 991. The van der Waals surface area contributed by atoms with Crippen molar-refractivity contribution >= 4 is 0 Å². The molecule has 0 saturated heterocycles. The molecule has 0 aliphatic heterocycles. The molecule has 0 amide bonds. The molecule has 0 saturated carbocycles. The van der Waals surface area contributed by atoms with Crippen LogP contribution in [0.4, 0.5) is 0 Å². The van der Waals surface area contributed by atoms with Crippen molar-refractivity contribution in [3.05, 3.63) is 105 Å². The summed E-state index contributed by atoms with van der Waals surface area (Å²) in [4.78, 5) is 0. The third-order valence-corrected chi connectivity index (χ3v) is 7.83. The van der Waals surface area contributed by atoms with Crippen LogP contribution in [0.25, 0.3) is 0 Å². The fourth-order valence-corrected chi connectivity index (χ4v) is 5.06. The summed E-state index contributed by atoms with van der Waals surface area (Å²) in [7, 11) is 9.58. The number of nitrogens with zero attached hydrogens (tertiary/aromatic N) is 2. The van der Waals surface area contributed by atoms with Crippen molar-refractivity contribution in [3.8, 4) is 0 Å². The number of quaternary nitrogens is 2. The van der Waals surface area contributed by atoms with Gasteiger partial charge in [0.15, 0.2) is 0 Å². The van der Waals surface area contributed by atoms with Gasteiger partial charge in [0, 0.05) is 24.0 Å². The lowest BCUT2D eigenvalue weighted by Crippen LogP contribution is -2.43. The van der Waals surface area contributed by atoms with Crippen molar-refractivity contribution in [2.45, 2.75) is 53.6 Å². The van der Waals surface area contributed by atoms with Crippen LogP contribution in [0, 0.1) is 27.7 Å². The molecule has 34 heavy (non-hydrogen) atoms. The van der Waals surface area contributed by atoms with E-state index in [2.05, 4.69) is 117 Å². The van der Waals surface area contributed by atoms with Gasteiger partial charge in [0.05, 0.1) is 41.3 Å². The highest BCUT2D eigenvalue weighted by Gasteiger charge is 2.27.